The van der Waals surface area contributed by atoms with Crippen molar-refractivity contribution in [2.24, 2.45) is 0 Å². The Morgan fingerprint density at radius 2 is 1.64 bits per heavy atom. The molecule has 0 amide bonds. The van der Waals surface area contributed by atoms with Crippen LogP contribution < -0.4 is 0 Å². The summed E-state index contributed by atoms with van der Waals surface area (Å²) in [5.41, 5.74) is 0. The SMILES string of the molecule is CCC[C@H](O)[C@@H](O)[C@H](O)CO. The molecule has 3 atom stereocenters. The van der Waals surface area contributed by atoms with Gasteiger partial charge in [0, 0.05) is 0 Å². The molecule has 0 heterocycles. The molecule has 0 aromatic carbocycles. The summed E-state index contributed by atoms with van der Waals surface area (Å²) < 4.78 is 0. The van der Waals surface area contributed by atoms with Crippen molar-refractivity contribution in [3.8, 4) is 0 Å². The van der Waals surface area contributed by atoms with Crippen LogP contribution in [0.4, 0.5) is 0 Å². The van der Waals surface area contributed by atoms with Gasteiger partial charge in [0.05, 0.1) is 12.7 Å². The van der Waals surface area contributed by atoms with Crippen LogP contribution >= 0.6 is 0 Å². The Bertz CT molecular complexity index is 96.4. The first-order chi connectivity index (χ1) is 5.13. The van der Waals surface area contributed by atoms with Gasteiger partial charge in [-0.1, -0.05) is 13.3 Å². The van der Waals surface area contributed by atoms with Gasteiger partial charge in [0.1, 0.15) is 12.2 Å². The van der Waals surface area contributed by atoms with Crippen LogP contribution in [0.3, 0.4) is 0 Å². The highest BCUT2D eigenvalue weighted by atomic mass is 16.4. The van der Waals surface area contributed by atoms with Gasteiger partial charge in [0.15, 0.2) is 0 Å². The van der Waals surface area contributed by atoms with Gasteiger partial charge in [-0.2, -0.15) is 0 Å². The summed E-state index contributed by atoms with van der Waals surface area (Å²) in [6.07, 6.45) is -2.26. The minimum absolute atomic E-state index is 0.429. The van der Waals surface area contributed by atoms with E-state index in [1.807, 2.05) is 6.92 Å². The first kappa shape index (κ1) is 10.8. The van der Waals surface area contributed by atoms with Gasteiger partial charge in [-0.25, -0.2) is 0 Å². The van der Waals surface area contributed by atoms with Crippen LogP contribution in [0.1, 0.15) is 19.8 Å². The molecular weight excluding hydrogens is 148 g/mol. The summed E-state index contributed by atoms with van der Waals surface area (Å²) in [6, 6.07) is 0. The summed E-state index contributed by atoms with van der Waals surface area (Å²) in [5.74, 6) is 0. The Hall–Kier alpha value is -0.160. The van der Waals surface area contributed by atoms with E-state index in [1.165, 1.54) is 0 Å². The number of hydrogen-bond donors (Lipinski definition) is 4. The van der Waals surface area contributed by atoms with E-state index in [0.29, 0.717) is 6.42 Å². The Kier molecular flexibility index (Phi) is 5.41. The lowest BCUT2D eigenvalue weighted by Gasteiger charge is -2.20. The zero-order chi connectivity index (χ0) is 8.85. The third kappa shape index (κ3) is 3.67. The molecule has 4 N–H and O–H groups in total. The predicted octanol–water partition coefficient (Wildman–Crippen LogP) is -1.14. The second-order valence-corrected chi connectivity index (χ2v) is 2.60. The van der Waals surface area contributed by atoms with Crippen molar-refractivity contribution in [3.63, 3.8) is 0 Å². The Labute approximate surface area is 66.1 Å². The molecule has 11 heavy (non-hydrogen) atoms. The van der Waals surface area contributed by atoms with E-state index < -0.39 is 24.9 Å². The van der Waals surface area contributed by atoms with Crippen LogP contribution in [-0.2, 0) is 0 Å². The van der Waals surface area contributed by atoms with Gasteiger partial charge in [0.25, 0.3) is 0 Å². The molecule has 0 saturated carbocycles. The van der Waals surface area contributed by atoms with E-state index in [-0.39, 0.29) is 0 Å². The molecule has 0 radical (unpaired) electrons. The van der Waals surface area contributed by atoms with Crippen molar-refractivity contribution >= 4 is 0 Å². The van der Waals surface area contributed by atoms with Gasteiger partial charge >= 0.3 is 0 Å². The summed E-state index contributed by atoms with van der Waals surface area (Å²) in [6.45, 7) is 1.34. The highest BCUT2D eigenvalue weighted by molar-refractivity contribution is 4.73. The second kappa shape index (κ2) is 5.49. The molecule has 0 aliphatic rings. The average Bonchev–Trinajstić information content (AvgIpc) is 2.02. The number of aliphatic hydroxyl groups excluding tert-OH is 4. The third-order valence-corrected chi connectivity index (χ3v) is 1.56. The molecule has 0 spiro atoms. The lowest BCUT2D eigenvalue weighted by molar-refractivity contribution is -0.0782. The molecule has 4 nitrogen and oxygen atoms in total. The van der Waals surface area contributed by atoms with Crippen molar-refractivity contribution < 1.29 is 20.4 Å². The number of rotatable bonds is 5. The van der Waals surface area contributed by atoms with E-state index in [1.54, 1.807) is 0 Å². The lowest BCUT2D eigenvalue weighted by atomic mass is 10.0. The highest BCUT2D eigenvalue weighted by Crippen LogP contribution is 2.05. The zero-order valence-corrected chi connectivity index (χ0v) is 6.64. The maximum absolute atomic E-state index is 9.10. The fourth-order valence-electron chi connectivity index (χ4n) is 0.831. The van der Waals surface area contributed by atoms with Crippen LogP contribution in [0.2, 0.25) is 0 Å². The van der Waals surface area contributed by atoms with Crippen molar-refractivity contribution in [3.05, 3.63) is 0 Å². The van der Waals surface area contributed by atoms with Gasteiger partial charge in [-0.3, -0.25) is 0 Å². The average molecular weight is 164 g/mol. The van der Waals surface area contributed by atoms with Crippen LogP contribution in [0, 0.1) is 0 Å². The van der Waals surface area contributed by atoms with Crippen molar-refractivity contribution in [1.29, 1.82) is 0 Å². The summed E-state index contributed by atoms with van der Waals surface area (Å²) in [5, 5.41) is 35.4. The molecule has 4 heteroatoms. The fourth-order valence-corrected chi connectivity index (χ4v) is 0.831. The third-order valence-electron chi connectivity index (χ3n) is 1.56. The van der Waals surface area contributed by atoms with Crippen molar-refractivity contribution in [2.45, 2.75) is 38.1 Å². The largest absolute Gasteiger partial charge is 0.394 e. The van der Waals surface area contributed by atoms with Gasteiger partial charge in [-0.15, -0.1) is 0 Å². The quantitative estimate of drug-likeness (QED) is 0.414. The standard InChI is InChI=1S/C7H16O4/c1-2-3-5(9)7(11)6(10)4-8/h5-11H,2-4H2,1H3/t5-,6+,7+/m0/s1. The number of hydrogen-bond acceptors (Lipinski definition) is 4. The first-order valence-corrected chi connectivity index (χ1v) is 3.78. The predicted molar refractivity (Wildman–Crippen MR) is 40.0 cm³/mol. The topological polar surface area (TPSA) is 80.9 Å². The smallest absolute Gasteiger partial charge is 0.108 e. The maximum Gasteiger partial charge on any atom is 0.108 e. The normalized spacial score (nSPS) is 19.4. The molecule has 0 fully saturated rings. The first-order valence-electron chi connectivity index (χ1n) is 3.78. The monoisotopic (exact) mass is 164 g/mol. The molecular formula is C7H16O4. The molecule has 0 rings (SSSR count). The van der Waals surface area contributed by atoms with E-state index >= 15 is 0 Å². The van der Waals surface area contributed by atoms with Gasteiger partial charge in [-0.05, 0) is 6.42 Å². The van der Waals surface area contributed by atoms with Crippen LogP contribution in [0.25, 0.3) is 0 Å². The Morgan fingerprint density at radius 3 is 2.00 bits per heavy atom. The second-order valence-electron chi connectivity index (χ2n) is 2.60. The molecule has 0 aromatic heterocycles. The van der Waals surface area contributed by atoms with E-state index in [0.717, 1.165) is 6.42 Å². The van der Waals surface area contributed by atoms with E-state index in [2.05, 4.69) is 0 Å². The van der Waals surface area contributed by atoms with Gasteiger partial charge < -0.3 is 20.4 Å². The molecule has 0 aromatic rings. The molecule has 0 saturated heterocycles. The Balaban J connectivity index is 3.70. The number of aliphatic hydroxyl groups is 4. The summed E-state index contributed by atoms with van der Waals surface area (Å²) >= 11 is 0. The molecule has 0 unspecified atom stereocenters. The van der Waals surface area contributed by atoms with Crippen molar-refractivity contribution in [1.82, 2.24) is 0 Å². The molecule has 68 valence electrons. The summed E-state index contributed by atoms with van der Waals surface area (Å²) in [4.78, 5) is 0. The van der Waals surface area contributed by atoms with Crippen molar-refractivity contribution in [2.75, 3.05) is 6.61 Å². The van der Waals surface area contributed by atoms with E-state index in [9.17, 15) is 0 Å². The maximum atomic E-state index is 9.10. The fraction of sp³-hybridized carbons (Fsp3) is 1.00. The minimum atomic E-state index is -1.24. The van der Waals surface area contributed by atoms with Crippen LogP contribution in [-0.4, -0.2) is 45.3 Å². The Morgan fingerprint density at radius 1 is 1.09 bits per heavy atom. The van der Waals surface area contributed by atoms with Crippen LogP contribution in [0.5, 0.6) is 0 Å². The molecule has 0 bridgehead atoms. The molecule has 0 aliphatic carbocycles. The molecule has 0 aliphatic heterocycles. The zero-order valence-electron chi connectivity index (χ0n) is 6.64. The van der Waals surface area contributed by atoms with Gasteiger partial charge in [0.2, 0.25) is 0 Å². The lowest BCUT2D eigenvalue weighted by Crippen LogP contribution is -2.39. The summed E-state index contributed by atoms with van der Waals surface area (Å²) in [7, 11) is 0. The highest BCUT2D eigenvalue weighted by Gasteiger charge is 2.22. The minimum Gasteiger partial charge on any atom is -0.394 e. The van der Waals surface area contributed by atoms with E-state index in [4.69, 9.17) is 20.4 Å². The van der Waals surface area contributed by atoms with Crippen LogP contribution in [0.15, 0.2) is 0 Å².